The molecule has 2 N–H and O–H groups in total. The molecule has 17 heteroatoms. The number of nitrogens with zero attached hydrogens (tertiary/aromatic N) is 3. The third kappa shape index (κ3) is 9.48. The molecule has 44 heavy (non-hydrogen) atoms. The summed E-state index contributed by atoms with van der Waals surface area (Å²) in [4.78, 5) is 75.4. The zero-order valence-electron chi connectivity index (χ0n) is 25.7. The van der Waals surface area contributed by atoms with E-state index >= 15 is 0 Å². The van der Waals surface area contributed by atoms with Crippen molar-refractivity contribution >= 4 is 46.6 Å². The van der Waals surface area contributed by atoms with E-state index in [0.29, 0.717) is 9.98 Å². The smallest absolute Gasteiger partial charge is 0.442 e. The lowest BCUT2D eigenvalue weighted by atomic mass is 9.99. The van der Waals surface area contributed by atoms with Gasteiger partial charge in [0.1, 0.15) is 23.9 Å². The Morgan fingerprint density at radius 3 is 2.07 bits per heavy atom. The third-order valence-electron chi connectivity index (χ3n) is 5.47. The van der Waals surface area contributed by atoms with E-state index in [4.69, 9.17) is 14.2 Å². The maximum atomic E-state index is 14.0. The van der Waals surface area contributed by atoms with E-state index in [1.165, 1.54) is 52.0 Å². The molecule has 1 aromatic carbocycles. The number of carbonyl (C=O) groups excluding carboxylic acids is 5. The van der Waals surface area contributed by atoms with Crippen LogP contribution in [0, 0.1) is 10.1 Å². The molecule has 2 rings (SSSR count). The highest BCUT2D eigenvalue weighted by atomic mass is 32.2. The van der Waals surface area contributed by atoms with Crippen molar-refractivity contribution in [3.05, 3.63) is 52.1 Å². The molecule has 4 amide bonds. The van der Waals surface area contributed by atoms with E-state index in [2.05, 4.69) is 17.3 Å². The van der Waals surface area contributed by atoms with E-state index in [1.54, 1.807) is 20.8 Å². The maximum Gasteiger partial charge on any atom is 0.442 e. The van der Waals surface area contributed by atoms with Crippen molar-refractivity contribution in [1.29, 1.82) is 0 Å². The fourth-order valence-corrected chi connectivity index (χ4v) is 5.19. The summed E-state index contributed by atoms with van der Waals surface area (Å²) in [5, 5.41) is 11.7. The van der Waals surface area contributed by atoms with E-state index in [9.17, 15) is 38.3 Å². The average molecular weight is 640 g/mol. The molecule has 4 atom stereocenters. The molecule has 1 aromatic rings. The Morgan fingerprint density at radius 2 is 1.61 bits per heavy atom. The fraction of sp³-hybridized carbons (Fsp3) is 0.519. The van der Waals surface area contributed by atoms with Gasteiger partial charge in [-0.3, -0.25) is 19.7 Å². The number of benzene rings is 1. The monoisotopic (exact) mass is 639 g/mol. The van der Waals surface area contributed by atoms with Gasteiger partial charge in [0.05, 0.1) is 4.92 Å². The van der Waals surface area contributed by atoms with Gasteiger partial charge in [-0.15, -0.1) is 4.41 Å². The van der Waals surface area contributed by atoms with Crippen molar-refractivity contribution in [3.63, 3.8) is 0 Å². The number of nitro benzene ring substituents is 1. The zero-order valence-corrected chi connectivity index (χ0v) is 26.5. The second-order valence-electron chi connectivity index (χ2n) is 11.8. The number of carbonyl (C=O) groups is 5. The lowest BCUT2D eigenvalue weighted by Crippen LogP contribution is -2.77. The van der Waals surface area contributed by atoms with Crippen molar-refractivity contribution in [3.8, 4) is 0 Å². The van der Waals surface area contributed by atoms with Gasteiger partial charge in [0.25, 0.3) is 11.6 Å². The van der Waals surface area contributed by atoms with Crippen LogP contribution in [0.25, 0.3) is 0 Å². The van der Waals surface area contributed by atoms with E-state index in [1.807, 2.05) is 0 Å². The van der Waals surface area contributed by atoms with Crippen molar-refractivity contribution in [1.82, 2.24) is 20.1 Å². The number of hydrogen-bond donors (Lipinski definition) is 2. The van der Waals surface area contributed by atoms with Crippen LogP contribution in [0.4, 0.5) is 15.3 Å². The molecule has 4 unspecified atom stereocenters. The Labute approximate surface area is 256 Å². The normalized spacial score (nSPS) is 17.7. The molecule has 242 valence electrons. The highest BCUT2D eigenvalue weighted by molar-refractivity contribution is 7.84. The Balaban J connectivity index is 2.45. The summed E-state index contributed by atoms with van der Waals surface area (Å²) in [6.45, 7) is 15.2. The SMILES string of the molecule is C=C(C)C(C(=O)OCc1ccc([N+](=O)[O-])cc1)N1C(=O)C(NC(C)=O)C1S(=O)N(NC(=O)OC(C)(C)C)C(=O)OC(C)(C)C. The molecule has 0 aliphatic carbocycles. The molecule has 1 aliphatic rings. The Hall–Kier alpha value is -4.54. The van der Waals surface area contributed by atoms with Gasteiger partial charge in [-0.2, -0.15) is 0 Å². The standard InChI is InChI=1S/C27H37N5O11S/c1-15(2)20(23(35)41-14-17-10-12-18(13-11-17)32(38)39)30-21(34)19(28-16(3)33)22(30)44(40)31(25(37)43-27(7,8)9)29-24(36)42-26(4,5)6/h10-13,19-20,22H,1,14H2,2-9H3,(H,28,33)(H,29,36). The lowest BCUT2D eigenvalue weighted by Gasteiger charge is -2.49. The van der Waals surface area contributed by atoms with Crippen LogP contribution in [0.15, 0.2) is 36.4 Å². The number of non-ortho nitro benzene ring substituents is 1. The number of nitrogens with one attached hydrogen (secondary N) is 2. The second kappa shape index (κ2) is 13.8. The summed E-state index contributed by atoms with van der Waals surface area (Å²) in [7, 11) is -2.70. The number of β-lactam (4-membered cyclic amide) rings is 1. The molecular formula is C27H37N5O11S. The molecule has 1 saturated heterocycles. The molecule has 0 spiro atoms. The Morgan fingerprint density at radius 1 is 1.07 bits per heavy atom. The molecule has 1 fully saturated rings. The first-order valence-electron chi connectivity index (χ1n) is 13.2. The van der Waals surface area contributed by atoms with Crippen molar-refractivity contribution in [2.75, 3.05) is 0 Å². The van der Waals surface area contributed by atoms with Crippen molar-refractivity contribution in [2.24, 2.45) is 0 Å². The quantitative estimate of drug-likeness (QED) is 0.100. The number of amides is 4. The molecule has 1 aliphatic heterocycles. The van der Waals surface area contributed by atoms with Gasteiger partial charge >= 0.3 is 18.2 Å². The van der Waals surface area contributed by atoms with Crippen LogP contribution in [0.5, 0.6) is 0 Å². The zero-order chi connectivity index (χ0) is 33.7. The molecule has 0 bridgehead atoms. The number of hydrazine groups is 1. The summed E-state index contributed by atoms with van der Waals surface area (Å²) in [5.74, 6) is -2.53. The summed E-state index contributed by atoms with van der Waals surface area (Å²) >= 11 is 0. The topological polar surface area (TPSA) is 204 Å². The predicted molar refractivity (Wildman–Crippen MR) is 155 cm³/mol. The summed E-state index contributed by atoms with van der Waals surface area (Å²) in [6, 6.07) is 2.17. The van der Waals surface area contributed by atoms with Crippen molar-refractivity contribution in [2.45, 2.75) is 90.7 Å². The average Bonchev–Trinajstić information content (AvgIpc) is 2.86. The highest BCUT2D eigenvalue weighted by Gasteiger charge is 2.58. The number of esters is 1. The summed E-state index contributed by atoms with van der Waals surface area (Å²) in [6.07, 6.45) is -2.46. The van der Waals surface area contributed by atoms with Gasteiger partial charge in [0.2, 0.25) is 5.91 Å². The van der Waals surface area contributed by atoms with Crippen LogP contribution in [0.1, 0.15) is 61.0 Å². The molecule has 0 aromatic heterocycles. The lowest BCUT2D eigenvalue weighted by molar-refractivity contribution is -0.384. The minimum Gasteiger partial charge on any atom is -0.459 e. The molecular weight excluding hydrogens is 602 g/mol. The van der Waals surface area contributed by atoms with Crippen LogP contribution in [-0.2, 0) is 46.2 Å². The van der Waals surface area contributed by atoms with Gasteiger partial charge in [0, 0.05) is 19.1 Å². The summed E-state index contributed by atoms with van der Waals surface area (Å²) in [5.41, 5.74) is 0.258. The van der Waals surface area contributed by atoms with E-state index in [-0.39, 0.29) is 17.9 Å². The summed E-state index contributed by atoms with van der Waals surface area (Å²) < 4.78 is 30.1. The minimum absolute atomic E-state index is 0.0826. The van der Waals surface area contributed by atoms with Gasteiger partial charge in [0.15, 0.2) is 22.4 Å². The van der Waals surface area contributed by atoms with Gasteiger partial charge < -0.3 is 24.4 Å². The van der Waals surface area contributed by atoms with Crippen molar-refractivity contribution < 1.29 is 47.3 Å². The second-order valence-corrected chi connectivity index (χ2v) is 13.2. The predicted octanol–water partition coefficient (Wildman–Crippen LogP) is 2.60. The van der Waals surface area contributed by atoms with Gasteiger partial charge in [-0.25, -0.2) is 24.0 Å². The first kappa shape index (κ1) is 35.7. The maximum absolute atomic E-state index is 14.0. The highest BCUT2D eigenvalue weighted by Crippen LogP contribution is 2.31. The van der Waals surface area contributed by atoms with Crippen LogP contribution in [-0.4, -0.2) is 77.1 Å². The van der Waals surface area contributed by atoms with Crippen LogP contribution in [0.3, 0.4) is 0 Å². The number of ether oxygens (including phenoxy) is 3. The molecule has 0 saturated carbocycles. The first-order chi connectivity index (χ1) is 20.1. The number of rotatable bonds is 9. The molecule has 16 nitrogen and oxygen atoms in total. The largest absolute Gasteiger partial charge is 0.459 e. The van der Waals surface area contributed by atoms with Crippen LogP contribution in [0.2, 0.25) is 0 Å². The van der Waals surface area contributed by atoms with Crippen LogP contribution < -0.4 is 10.7 Å². The number of hydrogen-bond acceptors (Lipinski definition) is 11. The third-order valence-corrected chi connectivity index (χ3v) is 6.99. The molecule has 1 heterocycles. The van der Waals surface area contributed by atoms with E-state index in [0.717, 1.165) is 11.8 Å². The Kier molecular flexibility index (Phi) is 11.2. The molecule has 0 radical (unpaired) electrons. The first-order valence-corrected chi connectivity index (χ1v) is 14.4. The van der Waals surface area contributed by atoms with Gasteiger partial charge in [-0.1, -0.05) is 6.58 Å². The number of nitro groups is 1. The Bertz CT molecular complexity index is 1350. The van der Waals surface area contributed by atoms with E-state index < -0.39 is 74.5 Å². The fourth-order valence-electron chi connectivity index (χ4n) is 3.78. The number of likely N-dealkylation sites (tertiary alicyclic amines) is 1. The van der Waals surface area contributed by atoms with Gasteiger partial charge in [-0.05, 0) is 71.7 Å². The van der Waals surface area contributed by atoms with Crippen LogP contribution >= 0.6 is 0 Å². The minimum atomic E-state index is -2.70.